The molecule has 14 heavy (non-hydrogen) atoms. The fourth-order valence-corrected chi connectivity index (χ4v) is 1.51. The zero-order valence-electron chi connectivity index (χ0n) is 7.36. The van der Waals surface area contributed by atoms with Crippen LogP contribution in [0, 0.1) is 0 Å². The molecule has 2 rings (SSSR count). The molecule has 0 saturated heterocycles. The number of aromatic nitrogens is 3. The third kappa shape index (κ3) is 1.60. The normalized spacial score (nSPS) is 10.4. The van der Waals surface area contributed by atoms with Gasteiger partial charge in [-0.15, -0.1) is 5.10 Å². The summed E-state index contributed by atoms with van der Waals surface area (Å²) in [7, 11) is 0. The van der Waals surface area contributed by atoms with Gasteiger partial charge in [-0.3, -0.25) is 10.1 Å². The van der Waals surface area contributed by atoms with Crippen molar-refractivity contribution in [2.45, 2.75) is 6.92 Å². The molecule has 0 aliphatic heterocycles. The summed E-state index contributed by atoms with van der Waals surface area (Å²) in [6.07, 6.45) is 1.76. The van der Waals surface area contributed by atoms with Gasteiger partial charge >= 0.3 is 0 Å². The average Bonchev–Trinajstić information content (AvgIpc) is 2.47. The molecule has 0 unspecified atom stereocenters. The number of amides is 1. The van der Waals surface area contributed by atoms with E-state index < -0.39 is 0 Å². The quantitative estimate of drug-likeness (QED) is 0.838. The first-order valence-corrected chi connectivity index (χ1v) is 4.74. The highest BCUT2D eigenvalue weighted by molar-refractivity contribution is 9.10. The van der Waals surface area contributed by atoms with E-state index in [1.54, 1.807) is 10.7 Å². The minimum Gasteiger partial charge on any atom is -0.293 e. The second kappa shape index (κ2) is 3.38. The molecule has 0 aromatic carbocycles. The number of rotatable bonds is 1. The van der Waals surface area contributed by atoms with E-state index in [1.165, 1.54) is 6.92 Å². The van der Waals surface area contributed by atoms with E-state index in [4.69, 9.17) is 0 Å². The number of hydrogen-bond acceptors (Lipinski definition) is 3. The van der Waals surface area contributed by atoms with Gasteiger partial charge in [0.25, 0.3) is 0 Å². The van der Waals surface area contributed by atoms with E-state index in [2.05, 4.69) is 31.3 Å². The third-order valence-electron chi connectivity index (χ3n) is 1.60. The predicted molar refractivity (Wildman–Crippen MR) is 55.0 cm³/mol. The number of nitrogens with one attached hydrogen (secondary N) is 1. The van der Waals surface area contributed by atoms with Gasteiger partial charge in [-0.05, 0) is 28.1 Å². The second-order valence-corrected chi connectivity index (χ2v) is 3.60. The van der Waals surface area contributed by atoms with Crippen LogP contribution in [0.4, 0.5) is 5.95 Å². The molecule has 6 heteroatoms. The molecule has 2 aromatic rings. The molecule has 5 nitrogen and oxygen atoms in total. The number of nitrogens with zero attached hydrogens (tertiary/aromatic N) is 3. The van der Waals surface area contributed by atoms with Crippen LogP contribution in [0.5, 0.6) is 0 Å². The van der Waals surface area contributed by atoms with Crippen LogP contribution in [0.1, 0.15) is 6.92 Å². The molecule has 0 atom stereocenters. The lowest BCUT2D eigenvalue weighted by atomic mass is 10.5. The van der Waals surface area contributed by atoms with Crippen molar-refractivity contribution in [2.75, 3.05) is 5.32 Å². The fraction of sp³-hybridized carbons (Fsp3) is 0.125. The lowest BCUT2D eigenvalue weighted by molar-refractivity contribution is -0.114. The Labute approximate surface area is 88.3 Å². The van der Waals surface area contributed by atoms with Crippen LogP contribution in [-0.2, 0) is 4.79 Å². The maximum absolute atomic E-state index is 10.8. The lowest BCUT2D eigenvalue weighted by Gasteiger charge is -1.90. The molecule has 1 N–H and O–H groups in total. The Hall–Kier alpha value is -1.43. The van der Waals surface area contributed by atoms with Crippen LogP contribution >= 0.6 is 15.9 Å². The van der Waals surface area contributed by atoms with E-state index in [0.717, 1.165) is 4.47 Å². The first-order valence-electron chi connectivity index (χ1n) is 3.95. The summed E-state index contributed by atoms with van der Waals surface area (Å²) >= 11 is 3.34. The molecule has 0 spiro atoms. The van der Waals surface area contributed by atoms with E-state index in [0.29, 0.717) is 11.6 Å². The van der Waals surface area contributed by atoms with E-state index in [9.17, 15) is 4.79 Å². The van der Waals surface area contributed by atoms with Gasteiger partial charge in [0.2, 0.25) is 11.9 Å². The van der Waals surface area contributed by atoms with Gasteiger partial charge in [-0.1, -0.05) is 0 Å². The van der Waals surface area contributed by atoms with Gasteiger partial charge in [0.1, 0.15) is 0 Å². The van der Waals surface area contributed by atoms with Gasteiger partial charge in [-0.25, -0.2) is 4.52 Å². The van der Waals surface area contributed by atoms with Crippen LogP contribution in [0.2, 0.25) is 0 Å². The Morgan fingerprint density at radius 3 is 3.07 bits per heavy atom. The van der Waals surface area contributed by atoms with E-state index >= 15 is 0 Å². The van der Waals surface area contributed by atoms with Crippen LogP contribution < -0.4 is 5.32 Å². The summed E-state index contributed by atoms with van der Waals surface area (Å²) in [5, 5.41) is 6.58. The van der Waals surface area contributed by atoms with Crippen LogP contribution in [0.15, 0.2) is 22.8 Å². The Balaban J connectivity index is 2.51. The number of carbonyl (C=O) groups excluding carboxylic acids is 1. The first kappa shape index (κ1) is 9.14. The number of carbonyl (C=O) groups is 1. The number of hydrogen-bond donors (Lipinski definition) is 1. The first-order chi connectivity index (χ1) is 6.66. The van der Waals surface area contributed by atoms with Gasteiger partial charge in [0.15, 0.2) is 5.65 Å². The van der Waals surface area contributed by atoms with Crippen molar-refractivity contribution in [1.82, 2.24) is 14.6 Å². The number of fused-ring (bicyclic) bond motifs is 1. The van der Waals surface area contributed by atoms with Gasteiger partial charge < -0.3 is 0 Å². The molecule has 0 fully saturated rings. The number of anilines is 1. The Morgan fingerprint density at radius 2 is 2.43 bits per heavy atom. The summed E-state index contributed by atoms with van der Waals surface area (Å²) in [4.78, 5) is 14.9. The van der Waals surface area contributed by atoms with Gasteiger partial charge in [0, 0.05) is 13.1 Å². The molecule has 2 aromatic heterocycles. The summed E-state index contributed by atoms with van der Waals surface area (Å²) < 4.78 is 2.43. The van der Waals surface area contributed by atoms with Crippen molar-refractivity contribution in [3.63, 3.8) is 0 Å². The maximum atomic E-state index is 10.8. The highest BCUT2D eigenvalue weighted by atomic mass is 79.9. The van der Waals surface area contributed by atoms with Crippen LogP contribution in [0.3, 0.4) is 0 Å². The third-order valence-corrected chi connectivity index (χ3v) is 2.22. The molecule has 0 radical (unpaired) electrons. The van der Waals surface area contributed by atoms with Gasteiger partial charge in [-0.2, -0.15) is 4.98 Å². The topological polar surface area (TPSA) is 59.3 Å². The van der Waals surface area contributed by atoms with Crippen molar-refractivity contribution in [3.05, 3.63) is 22.8 Å². The standard InChI is InChI=1S/C8H7BrN4O/c1-5(14)10-8-11-7-6(9)3-2-4-13(7)12-8/h2-4H,1H3,(H,10,12,14). The van der Waals surface area contributed by atoms with E-state index in [-0.39, 0.29) is 5.91 Å². The van der Waals surface area contributed by atoms with Crippen LogP contribution in [0.25, 0.3) is 5.65 Å². The highest BCUT2D eigenvalue weighted by Crippen LogP contribution is 2.16. The summed E-state index contributed by atoms with van der Waals surface area (Å²) in [6, 6.07) is 3.70. The molecule has 0 saturated carbocycles. The van der Waals surface area contributed by atoms with Crippen LogP contribution in [-0.4, -0.2) is 20.5 Å². The minimum absolute atomic E-state index is 0.183. The molecule has 0 aliphatic carbocycles. The zero-order chi connectivity index (χ0) is 10.1. The fourth-order valence-electron chi connectivity index (χ4n) is 1.08. The Morgan fingerprint density at radius 1 is 1.64 bits per heavy atom. The zero-order valence-corrected chi connectivity index (χ0v) is 8.95. The molecule has 1 amide bonds. The molecule has 0 bridgehead atoms. The second-order valence-electron chi connectivity index (χ2n) is 2.74. The summed E-state index contributed by atoms with van der Waals surface area (Å²) in [5.74, 6) is 0.126. The molecular formula is C8H7BrN4O. The van der Waals surface area contributed by atoms with Crippen molar-refractivity contribution < 1.29 is 4.79 Å². The van der Waals surface area contributed by atoms with E-state index in [1.807, 2.05) is 12.1 Å². The van der Waals surface area contributed by atoms with Crippen molar-refractivity contribution in [1.29, 1.82) is 0 Å². The Kier molecular flexibility index (Phi) is 2.20. The predicted octanol–water partition coefficient (Wildman–Crippen LogP) is 1.45. The molecule has 0 aliphatic rings. The SMILES string of the molecule is CC(=O)Nc1nc2c(Br)cccn2n1. The Bertz CT molecular complexity index is 493. The van der Waals surface area contributed by atoms with Crippen molar-refractivity contribution in [3.8, 4) is 0 Å². The number of pyridine rings is 1. The average molecular weight is 255 g/mol. The number of halogens is 1. The molecule has 2 heterocycles. The lowest BCUT2D eigenvalue weighted by Crippen LogP contribution is -2.07. The van der Waals surface area contributed by atoms with Gasteiger partial charge in [0.05, 0.1) is 4.47 Å². The monoisotopic (exact) mass is 254 g/mol. The summed E-state index contributed by atoms with van der Waals surface area (Å²) in [6.45, 7) is 1.42. The summed E-state index contributed by atoms with van der Waals surface area (Å²) in [5.41, 5.74) is 0.677. The smallest absolute Gasteiger partial charge is 0.249 e. The maximum Gasteiger partial charge on any atom is 0.249 e. The molecule has 72 valence electrons. The van der Waals surface area contributed by atoms with Crippen molar-refractivity contribution >= 4 is 33.4 Å². The largest absolute Gasteiger partial charge is 0.293 e. The minimum atomic E-state index is -0.183. The molecular weight excluding hydrogens is 248 g/mol. The highest BCUT2D eigenvalue weighted by Gasteiger charge is 2.06. The van der Waals surface area contributed by atoms with Crippen molar-refractivity contribution in [2.24, 2.45) is 0 Å².